The molecule has 3 heteroatoms. The van der Waals surface area contributed by atoms with Crippen molar-refractivity contribution >= 4 is 23.5 Å². The van der Waals surface area contributed by atoms with Gasteiger partial charge >= 0.3 is 0 Å². The smallest absolute Gasteiger partial charge is 0.189 e. The Bertz CT molecular complexity index is 662. The standard InChI is InChI=1S/C16H12ClNO/c17-13-6-7-15-11(9-13)4-5-12(16(15)19)10-14-3-1-2-8-18-14/h1-3,6-10H,4-5H2. The maximum absolute atomic E-state index is 12.4. The number of ketones is 1. The number of aryl methyl sites for hydroxylation is 1. The number of allylic oxidation sites excluding steroid dienone is 1. The van der Waals surface area contributed by atoms with Crippen LogP contribution in [0.15, 0.2) is 48.2 Å². The lowest BCUT2D eigenvalue weighted by Crippen LogP contribution is -2.14. The van der Waals surface area contributed by atoms with E-state index in [1.54, 1.807) is 12.3 Å². The Morgan fingerprint density at radius 1 is 1.16 bits per heavy atom. The monoisotopic (exact) mass is 269 g/mol. The minimum Gasteiger partial charge on any atom is -0.289 e. The van der Waals surface area contributed by atoms with Gasteiger partial charge in [0.2, 0.25) is 0 Å². The number of hydrogen-bond donors (Lipinski definition) is 0. The zero-order valence-corrected chi connectivity index (χ0v) is 11.0. The molecule has 19 heavy (non-hydrogen) atoms. The Labute approximate surface area is 116 Å². The van der Waals surface area contributed by atoms with Crippen LogP contribution in [0.4, 0.5) is 0 Å². The Balaban J connectivity index is 1.98. The molecule has 0 amide bonds. The fourth-order valence-corrected chi connectivity index (χ4v) is 2.52. The molecule has 1 aromatic carbocycles. The SMILES string of the molecule is O=C1C(=Cc2ccccn2)CCc2cc(Cl)ccc21. The Kier molecular flexibility index (Phi) is 3.18. The number of Topliss-reactive ketones (excluding diaryl/α,β-unsaturated/α-hetero) is 1. The van der Waals surface area contributed by atoms with Gasteiger partial charge in [-0.05, 0) is 54.8 Å². The molecule has 2 aromatic rings. The number of carbonyl (C=O) groups is 1. The van der Waals surface area contributed by atoms with Gasteiger partial charge in [0.1, 0.15) is 0 Å². The van der Waals surface area contributed by atoms with Gasteiger partial charge in [-0.1, -0.05) is 17.7 Å². The van der Waals surface area contributed by atoms with E-state index in [2.05, 4.69) is 4.98 Å². The van der Waals surface area contributed by atoms with Crippen molar-refractivity contribution in [1.29, 1.82) is 0 Å². The van der Waals surface area contributed by atoms with E-state index in [0.29, 0.717) is 5.02 Å². The molecule has 0 radical (unpaired) electrons. The maximum atomic E-state index is 12.4. The minimum absolute atomic E-state index is 0.0866. The Morgan fingerprint density at radius 2 is 2.05 bits per heavy atom. The van der Waals surface area contributed by atoms with Crippen LogP contribution in [-0.2, 0) is 6.42 Å². The second-order valence-electron chi connectivity index (χ2n) is 4.55. The van der Waals surface area contributed by atoms with Gasteiger partial charge in [-0.3, -0.25) is 9.78 Å². The molecule has 1 aliphatic rings. The van der Waals surface area contributed by atoms with Crippen molar-refractivity contribution in [2.75, 3.05) is 0 Å². The molecule has 0 N–H and O–H groups in total. The average molecular weight is 270 g/mol. The molecular weight excluding hydrogens is 258 g/mol. The fourth-order valence-electron chi connectivity index (χ4n) is 2.32. The van der Waals surface area contributed by atoms with Crippen LogP contribution in [0.25, 0.3) is 6.08 Å². The number of pyridine rings is 1. The highest BCUT2D eigenvalue weighted by Gasteiger charge is 2.21. The van der Waals surface area contributed by atoms with Crippen molar-refractivity contribution in [2.24, 2.45) is 0 Å². The summed E-state index contributed by atoms with van der Waals surface area (Å²) in [5, 5.41) is 0.684. The predicted molar refractivity (Wildman–Crippen MR) is 76.3 cm³/mol. The number of hydrogen-bond acceptors (Lipinski definition) is 2. The number of nitrogens with zero attached hydrogens (tertiary/aromatic N) is 1. The minimum atomic E-state index is 0.0866. The Morgan fingerprint density at radius 3 is 2.84 bits per heavy atom. The first kappa shape index (κ1) is 12.1. The highest BCUT2D eigenvalue weighted by Crippen LogP contribution is 2.28. The van der Waals surface area contributed by atoms with Gasteiger partial charge in [-0.15, -0.1) is 0 Å². The highest BCUT2D eigenvalue weighted by molar-refractivity contribution is 6.31. The second kappa shape index (κ2) is 4.98. The topological polar surface area (TPSA) is 30.0 Å². The summed E-state index contributed by atoms with van der Waals surface area (Å²) in [7, 11) is 0. The van der Waals surface area contributed by atoms with E-state index < -0.39 is 0 Å². The zero-order chi connectivity index (χ0) is 13.2. The van der Waals surface area contributed by atoms with Crippen LogP contribution in [0.3, 0.4) is 0 Å². The van der Waals surface area contributed by atoms with Gasteiger partial charge in [-0.2, -0.15) is 0 Å². The van der Waals surface area contributed by atoms with Crippen LogP contribution in [0, 0.1) is 0 Å². The van der Waals surface area contributed by atoms with E-state index in [-0.39, 0.29) is 5.78 Å². The van der Waals surface area contributed by atoms with Gasteiger partial charge in [0.05, 0.1) is 5.69 Å². The van der Waals surface area contributed by atoms with Crippen LogP contribution in [-0.4, -0.2) is 10.8 Å². The summed E-state index contributed by atoms with van der Waals surface area (Å²) >= 11 is 5.95. The van der Waals surface area contributed by atoms with Crippen LogP contribution in [0.1, 0.15) is 28.0 Å². The summed E-state index contributed by atoms with van der Waals surface area (Å²) in [4.78, 5) is 16.6. The van der Waals surface area contributed by atoms with Crippen molar-refractivity contribution < 1.29 is 4.79 Å². The van der Waals surface area contributed by atoms with Gasteiger partial charge in [-0.25, -0.2) is 0 Å². The normalized spacial score (nSPS) is 16.5. The molecule has 1 heterocycles. The number of rotatable bonds is 1. The van der Waals surface area contributed by atoms with Crippen molar-refractivity contribution in [1.82, 2.24) is 4.98 Å². The van der Waals surface area contributed by atoms with E-state index in [1.165, 1.54) is 0 Å². The Hall–Kier alpha value is -1.93. The third-order valence-corrected chi connectivity index (χ3v) is 3.51. The maximum Gasteiger partial charge on any atom is 0.189 e. The molecule has 0 spiro atoms. The molecule has 1 aromatic heterocycles. The number of halogens is 1. The number of benzene rings is 1. The molecule has 2 nitrogen and oxygen atoms in total. The van der Waals surface area contributed by atoms with Crippen LogP contribution < -0.4 is 0 Å². The first-order chi connectivity index (χ1) is 9.24. The van der Waals surface area contributed by atoms with Crippen molar-refractivity contribution in [3.05, 3.63) is 70.0 Å². The largest absolute Gasteiger partial charge is 0.289 e. The molecular formula is C16H12ClNO. The second-order valence-corrected chi connectivity index (χ2v) is 4.99. The lowest BCUT2D eigenvalue weighted by Gasteiger charge is -2.17. The third-order valence-electron chi connectivity index (χ3n) is 3.28. The molecule has 0 bridgehead atoms. The van der Waals surface area contributed by atoms with Crippen LogP contribution >= 0.6 is 11.6 Å². The molecule has 94 valence electrons. The predicted octanol–water partition coefficient (Wildman–Crippen LogP) is 3.95. The summed E-state index contributed by atoms with van der Waals surface area (Å²) in [5.74, 6) is 0.0866. The first-order valence-electron chi connectivity index (χ1n) is 6.19. The summed E-state index contributed by atoms with van der Waals surface area (Å²) in [6.45, 7) is 0. The zero-order valence-electron chi connectivity index (χ0n) is 10.3. The third kappa shape index (κ3) is 2.45. The van der Waals surface area contributed by atoms with Gasteiger partial charge in [0.15, 0.2) is 5.78 Å². The lowest BCUT2D eigenvalue weighted by atomic mass is 9.86. The van der Waals surface area contributed by atoms with Crippen molar-refractivity contribution in [3.8, 4) is 0 Å². The van der Waals surface area contributed by atoms with E-state index in [0.717, 1.165) is 35.2 Å². The van der Waals surface area contributed by atoms with Gasteiger partial charge in [0.25, 0.3) is 0 Å². The molecule has 1 aliphatic carbocycles. The van der Waals surface area contributed by atoms with E-state index in [9.17, 15) is 4.79 Å². The summed E-state index contributed by atoms with van der Waals surface area (Å²) < 4.78 is 0. The molecule has 0 saturated heterocycles. The molecule has 0 fully saturated rings. The fraction of sp³-hybridized carbons (Fsp3) is 0.125. The molecule has 0 saturated carbocycles. The molecule has 0 aliphatic heterocycles. The summed E-state index contributed by atoms with van der Waals surface area (Å²) in [6.07, 6.45) is 5.19. The number of aromatic nitrogens is 1. The average Bonchev–Trinajstić information content (AvgIpc) is 2.43. The number of fused-ring (bicyclic) bond motifs is 1. The van der Waals surface area contributed by atoms with Crippen LogP contribution in [0.5, 0.6) is 0 Å². The lowest BCUT2D eigenvalue weighted by molar-refractivity contribution is 0.102. The van der Waals surface area contributed by atoms with E-state index in [1.807, 2.05) is 36.4 Å². The quantitative estimate of drug-likeness (QED) is 0.734. The molecule has 3 rings (SSSR count). The van der Waals surface area contributed by atoms with Crippen molar-refractivity contribution in [3.63, 3.8) is 0 Å². The summed E-state index contributed by atoms with van der Waals surface area (Å²) in [5.41, 5.74) is 3.44. The van der Waals surface area contributed by atoms with Crippen LogP contribution in [0.2, 0.25) is 5.02 Å². The highest BCUT2D eigenvalue weighted by atomic mass is 35.5. The molecule has 0 unspecified atom stereocenters. The van der Waals surface area contributed by atoms with Gasteiger partial charge < -0.3 is 0 Å². The number of carbonyl (C=O) groups excluding carboxylic acids is 1. The van der Waals surface area contributed by atoms with Gasteiger partial charge in [0, 0.05) is 22.4 Å². The van der Waals surface area contributed by atoms with E-state index in [4.69, 9.17) is 11.6 Å². The summed E-state index contributed by atoms with van der Waals surface area (Å²) in [6, 6.07) is 11.1. The molecule has 0 atom stereocenters. The van der Waals surface area contributed by atoms with E-state index >= 15 is 0 Å². The van der Waals surface area contributed by atoms with Crippen molar-refractivity contribution in [2.45, 2.75) is 12.8 Å². The first-order valence-corrected chi connectivity index (χ1v) is 6.56.